The van der Waals surface area contributed by atoms with Gasteiger partial charge >= 0.3 is 12.3 Å². The average molecular weight is 328 g/mol. The summed E-state index contributed by atoms with van der Waals surface area (Å²) in [6.45, 7) is 7.74. The molecule has 0 radical (unpaired) electrons. The number of hydrogen-bond donors (Lipinski definition) is 1. The van der Waals surface area contributed by atoms with Gasteiger partial charge in [0.1, 0.15) is 5.60 Å². The summed E-state index contributed by atoms with van der Waals surface area (Å²) < 4.78 is 44.8. The number of nitrogens with one attached hydrogen (secondary N) is 1. The Morgan fingerprint density at radius 1 is 1.13 bits per heavy atom. The number of rotatable bonds is 2. The van der Waals surface area contributed by atoms with E-state index in [2.05, 4.69) is 5.32 Å². The Bertz CT molecular complexity index is 638. The van der Waals surface area contributed by atoms with Gasteiger partial charge in [0, 0.05) is 5.69 Å². The van der Waals surface area contributed by atoms with E-state index in [0.29, 0.717) is 0 Å². The van der Waals surface area contributed by atoms with Crippen LogP contribution in [0.1, 0.15) is 45.7 Å². The monoisotopic (exact) mass is 328 g/mol. The van der Waals surface area contributed by atoms with E-state index in [4.69, 9.17) is 10.00 Å². The second-order valence-corrected chi connectivity index (χ2v) is 6.62. The highest BCUT2D eigenvalue weighted by molar-refractivity contribution is 5.85. The molecular weight excluding hydrogens is 309 g/mol. The summed E-state index contributed by atoms with van der Waals surface area (Å²) in [5.41, 5.74) is -3.24. The standard InChI is InChI=1S/C16H19F3N2O2/c1-14(2,3)23-13(22)21-10-6-7-11(15(4,5)9-20)12(8-10)16(17,18)19/h6-8H,1-5H3,(H,21,22). The van der Waals surface area contributed by atoms with Crippen molar-refractivity contribution in [2.45, 2.75) is 51.8 Å². The highest BCUT2D eigenvalue weighted by Gasteiger charge is 2.38. The highest BCUT2D eigenvalue weighted by Crippen LogP contribution is 2.38. The van der Waals surface area contributed by atoms with Crippen molar-refractivity contribution < 1.29 is 22.7 Å². The van der Waals surface area contributed by atoms with Gasteiger partial charge in [0.15, 0.2) is 0 Å². The lowest BCUT2D eigenvalue weighted by atomic mass is 9.83. The number of amides is 1. The van der Waals surface area contributed by atoms with Crippen molar-refractivity contribution in [3.8, 4) is 6.07 Å². The second kappa shape index (κ2) is 6.11. The summed E-state index contributed by atoms with van der Waals surface area (Å²) in [6, 6.07) is 5.16. The van der Waals surface area contributed by atoms with E-state index < -0.39 is 28.8 Å². The summed E-state index contributed by atoms with van der Waals surface area (Å²) in [6.07, 6.45) is -5.49. The van der Waals surface area contributed by atoms with Crippen LogP contribution in [0.25, 0.3) is 0 Å². The molecule has 0 aliphatic heterocycles. The van der Waals surface area contributed by atoms with Crippen molar-refractivity contribution >= 4 is 11.8 Å². The maximum Gasteiger partial charge on any atom is 0.416 e. The number of carbonyl (C=O) groups excluding carboxylic acids is 1. The molecule has 1 aromatic rings. The molecule has 0 aromatic heterocycles. The normalized spacial score (nSPS) is 12.5. The Balaban J connectivity index is 3.21. The largest absolute Gasteiger partial charge is 0.444 e. The predicted molar refractivity (Wildman–Crippen MR) is 79.9 cm³/mol. The molecule has 0 saturated heterocycles. The van der Waals surface area contributed by atoms with Crippen molar-refractivity contribution in [2.75, 3.05) is 5.32 Å². The molecule has 23 heavy (non-hydrogen) atoms. The molecule has 1 N–H and O–H groups in total. The molecule has 0 aliphatic carbocycles. The fourth-order valence-corrected chi connectivity index (χ4v) is 1.88. The number of benzene rings is 1. The van der Waals surface area contributed by atoms with Crippen LogP contribution in [-0.4, -0.2) is 11.7 Å². The third-order valence-corrected chi connectivity index (χ3v) is 2.92. The molecule has 0 fully saturated rings. The molecule has 1 amide bonds. The van der Waals surface area contributed by atoms with E-state index in [1.807, 2.05) is 6.07 Å². The van der Waals surface area contributed by atoms with Gasteiger partial charge in [-0.25, -0.2) is 4.79 Å². The van der Waals surface area contributed by atoms with Gasteiger partial charge in [0.25, 0.3) is 0 Å². The molecule has 7 heteroatoms. The van der Waals surface area contributed by atoms with Gasteiger partial charge in [0.2, 0.25) is 0 Å². The zero-order valence-electron chi connectivity index (χ0n) is 13.6. The summed E-state index contributed by atoms with van der Waals surface area (Å²) in [5.74, 6) is 0. The lowest BCUT2D eigenvalue weighted by Crippen LogP contribution is -2.27. The molecule has 0 unspecified atom stereocenters. The van der Waals surface area contributed by atoms with Gasteiger partial charge in [-0.3, -0.25) is 5.32 Å². The first-order chi connectivity index (χ1) is 10.3. The molecule has 126 valence electrons. The van der Waals surface area contributed by atoms with Crippen LogP contribution in [0.2, 0.25) is 0 Å². The Morgan fingerprint density at radius 2 is 1.70 bits per heavy atom. The van der Waals surface area contributed by atoms with E-state index in [1.165, 1.54) is 26.0 Å². The summed E-state index contributed by atoms with van der Waals surface area (Å²) >= 11 is 0. The van der Waals surface area contributed by atoms with Crippen molar-refractivity contribution in [1.82, 2.24) is 0 Å². The molecular formula is C16H19F3N2O2. The Labute approximate surface area is 133 Å². The molecule has 0 saturated carbocycles. The first-order valence-corrected chi connectivity index (χ1v) is 6.89. The molecule has 1 aromatic carbocycles. The van der Waals surface area contributed by atoms with Crippen LogP contribution in [0.4, 0.5) is 23.7 Å². The highest BCUT2D eigenvalue weighted by atomic mass is 19.4. The Hall–Kier alpha value is -2.23. The van der Waals surface area contributed by atoms with Crippen molar-refractivity contribution in [3.05, 3.63) is 29.3 Å². The van der Waals surface area contributed by atoms with Gasteiger partial charge < -0.3 is 4.74 Å². The third-order valence-electron chi connectivity index (χ3n) is 2.92. The Kier molecular flexibility index (Phi) is 5.00. The molecule has 4 nitrogen and oxygen atoms in total. The van der Waals surface area contributed by atoms with Crippen molar-refractivity contribution in [1.29, 1.82) is 5.26 Å². The molecule has 0 atom stereocenters. The number of alkyl halides is 3. The number of nitrogens with zero attached hydrogens (tertiary/aromatic N) is 1. The van der Waals surface area contributed by atoms with Crippen LogP contribution < -0.4 is 5.32 Å². The third kappa shape index (κ3) is 5.16. The average Bonchev–Trinajstić information content (AvgIpc) is 2.35. The SMILES string of the molecule is CC(C)(C)OC(=O)Nc1ccc(C(C)(C)C#N)c(C(F)(F)F)c1. The van der Waals surface area contributed by atoms with Gasteiger partial charge in [-0.15, -0.1) is 0 Å². The minimum absolute atomic E-state index is 0.0518. The minimum Gasteiger partial charge on any atom is -0.444 e. The summed E-state index contributed by atoms with van der Waals surface area (Å²) in [4.78, 5) is 11.7. The first-order valence-electron chi connectivity index (χ1n) is 6.89. The number of nitriles is 1. The second-order valence-electron chi connectivity index (χ2n) is 6.62. The van der Waals surface area contributed by atoms with E-state index >= 15 is 0 Å². The van der Waals surface area contributed by atoms with Gasteiger partial charge in [-0.05, 0) is 52.3 Å². The first kappa shape index (κ1) is 18.8. The van der Waals surface area contributed by atoms with Crippen molar-refractivity contribution in [2.24, 2.45) is 0 Å². The number of carbonyl (C=O) groups is 1. The zero-order valence-corrected chi connectivity index (χ0v) is 13.6. The van der Waals surface area contributed by atoms with Gasteiger partial charge in [-0.1, -0.05) is 6.07 Å². The fourth-order valence-electron chi connectivity index (χ4n) is 1.88. The van der Waals surface area contributed by atoms with E-state index in [9.17, 15) is 18.0 Å². The molecule has 0 bridgehead atoms. The van der Waals surface area contributed by atoms with Gasteiger partial charge in [0.05, 0.1) is 17.0 Å². The zero-order chi connectivity index (χ0) is 18.1. The van der Waals surface area contributed by atoms with Crippen LogP contribution in [0.15, 0.2) is 18.2 Å². The number of anilines is 1. The Morgan fingerprint density at radius 3 is 2.13 bits per heavy atom. The maximum absolute atomic E-state index is 13.3. The van der Waals surface area contributed by atoms with Crippen LogP contribution >= 0.6 is 0 Å². The van der Waals surface area contributed by atoms with Crippen LogP contribution in [-0.2, 0) is 16.3 Å². The predicted octanol–water partition coefficient (Wildman–Crippen LogP) is 4.85. The lowest BCUT2D eigenvalue weighted by molar-refractivity contribution is -0.138. The summed E-state index contributed by atoms with van der Waals surface area (Å²) in [7, 11) is 0. The van der Waals surface area contributed by atoms with Crippen LogP contribution in [0.3, 0.4) is 0 Å². The van der Waals surface area contributed by atoms with Gasteiger partial charge in [-0.2, -0.15) is 18.4 Å². The van der Waals surface area contributed by atoms with Crippen molar-refractivity contribution in [3.63, 3.8) is 0 Å². The minimum atomic E-state index is -4.64. The lowest BCUT2D eigenvalue weighted by Gasteiger charge is -2.23. The summed E-state index contributed by atoms with van der Waals surface area (Å²) in [5, 5.41) is 11.3. The number of ether oxygens (including phenoxy) is 1. The topological polar surface area (TPSA) is 62.1 Å². The van der Waals surface area contributed by atoms with Crippen LogP contribution in [0, 0.1) is 11.3 Å². The quantitative estimate of drug-likeness (QED) is 0.844. The number of halogens is 3. The molecule has 0 spiro atoms. The molecule has 0 heterocycles. The van der Waals surface area contributed by atoms with Crippen LogP contribution in [0.5, 0.6) is 0 Å². The van der Waals surface area contributed by atoms with E-state index in [0.717, 1.165) is 6.07 Å². The van der Waals surface area contributed by atoms with E-state index in [-0.39, 0.29) is 11.3 Å². The fraction of sp³-hybridized carbons (Fsp3) is 0.500. The number of hydrogen-bond acceptors (Lipinski definition) is 3. The smallest absolute Gasteiger partial charge is 0.416 e. The molecule has 0 aliphatic rings. The molecule has 1 rings (SSSR count). The van der Waals surface area contributed by atoms with E-state index in [1.54, 1.807) is 20.8 Å². The maximum atomic E-state index is 13.3.